The Bertz CT molecular complexity index is 799. The molecule has 0 fully saturated rings. The number of halogens is 2. The van der Waals surface area contributed by atoms with Crippen LogP contribution in [-0.2, 0) is 10.0 Å². The van der Waals surface area contributed by atoms with Crippen molar-refractivity contribution < 1.29 is 13.2 Å². The SMILES string of the molecule is Cc1ccc(C(=O)c2cc(Cl)sc2S(N)(=O)=O)c(Br)c1. The summed E-state index contributed by atoms with van der Waals surface area (Å²) in [5.41, 5.74) is 1.32. The molecule has 0 bridgehead atoms. The maximum atomic E-state index is 12.5. The largest absolute Gasteiger partial charge is 0.288 e. The van der Waals surface area contributed by atoms with Crippen LogP contribution in [-0.4, -0.2) is 14.2 Å². The third kappa shape index (κ3) is 3.12. The number of benzene rings is 1. The number of ketones is 1. The zero-order valence-corrected chi connectivity index (χ0v) is 14.2. The quantitative estimate of drug-likeness (QED) is 0.811. The number of hydrogen-bond acceptors (Lipinski definition) is 4. The summed E-state index contributed by atoms with van der Waals surface area (Å²) in [7, 11) is -3.99. The molecule has 1 heterocycles. The van der Waals surface area contributed by atoms with Crippen molar-refractivity contribution in [2.75, 3.05) is 0 Å². The average Bonchev–Trinajstić information content (AvgIpc) is 2.70. The second-order valence-corrected chi connectivity index (χ2v) is 8.40. The summed E-state index contributed by atoms with van der Waals surface area (Å²) in [5.74, 6) is -0.441. The molecule has 4 nitrogen and oxygen atoms in total. The Morgan fingerprint density at radius 1 is 1.30 bits per heavy atom. The minimum atomic E-state index is -3.99. The van der Waals surface area contributed by atoms with Gasteiger partial charge in [-0.2, -0.15) is 0 Å². The molecular weight excluding hydrogens is 386 g/mol. The molecule has 0 aliphatic carbocycles. The Labute approximate surface area is 133 Å². The lowest BCUT2D eigenvalue weighted by Crippen LogP contribution is -2.15. The monoisotopic (exact) mass is 393 g/mol. The van der Waals surface area contributed by atoms with Gasteiger partial charge in [-0.15, -0.1) is 11.3 Å². The van der Waals surface area contributed by atoms with Gasteiger partial charge in [0.1, 0.15) is 4.21 Å². The van der Waals surface area contributed by atoms with Crippen LogP contribution < -0.4 is 5.14 Å². The Morgan fingerprint density at radius 2 is 1.95 bits per heavy atom. The first-order valence-corrected chi connectivity index (χ1v) is 8.86. The molecule has 0 amide bonds. The van der Waals surface area contributed by atoms with Crippen molar-refractivity contribution in [2.45, 2.75) is 11.1 Å². The number of thiophene rings is 1. The molecule has 20 heavy (non-hydrogen) atoms. The van der Waals surface area contributed by atoms with Gasteiger partial charge in [-0.1, -0.05) is 33.6 Å². The van der Waals surface area contributed by atoms with Crippen molar-refractivity contribution >= 4 is 54.7 Å². The van der Waals surface area contributed by atoms with Gasteiger partial charge < -0.3 is 0 Å². The first-order chi connectivity index (χ1) is 9.20. The van der Waals surface area contributed by atoms with Crippen LogP contribution in [0.15, 0.2) is 32.9 Å². The van der Waals surface area contributed by atoms with Crippen molar-refractivity contribution in [3.05, 3.63) is 49.8 Å². The molecule has 1 aromatic heterocycles. The molecule has 0 saturated carbocycles. The average molecular weight is 395 g/mol. The highest BCUT2D eigenvalue weighted by atomic mass is 79.9. The van der Waals surface area contributed by atoms with E-state index in [1.165, 1.54) is 6.07 Å². The molecule has 2 N–H and O–H groups in total. The highest BCUT2D eigenvalue weighted by Crippen LogP contribution is 2.33. The van der Waals surface area contributed by atoms with Crippen molar-refractivity contribution in [1.82, 2.24) is 0 Å². The lowest BCUT2D eigenvalue weighted by atomic mass is 10.0. The van der Waals surface area contributed by atoms with E-state index in [-0.39, 0.29) is 14.1 Å². The van der Waals surface area contributed by atoms with E-state index in [9.17, 15) is 13.2 Å². The van der Waals surface area contributed by atoms with E-state index >= 15 is 0 Å². The molecule has 0 radical (unpaired) electrons. The zero-order valence-electron chi connectivity index (χ0n) is 10.2. The number of rotatable bonds is 3. The number of hydrogen-bond donors (Lipinski definition) is 1. The van der Waals surface area contributed by atoms with E-state index in [0.29, 0.717) is 10.0 Å². The third-order valence-electron chi connectivity index (χ3n) is 2.54. The number of nitrogens with two attached hydrogens (primary N) is 1. The summed E-state index contributed by atoms with van der Waals surface area (Å²) in [6.07, 6.45) is 0. The standard InChI is InChI=1S/C12H9BrClNO3S2/c1-6-2-3-7(9(13)4-6)11(16)8-5-10(14)19-12(8)20(15,17)18/h2-5H,1H3,(H2,15,17,18). The molecule has 1 aromatic carbocycles. The molecule has 0 spiro atoms. The van der Waals surface area contributed by atoms with Crippen molar-refractivity contribution in [1.29, 1.82) is 0 Å². The Hall–Kier alpha value is -0.730. The van der Waals surface area contributed by atoms with E-state index in [2.05, 4.69) is 15.9 Å². The highest BCUT2D eigenvalue weighted by molar-refractivity contribution is 9.10. The van der Waals surface area contributed by atoms with Gasteiger partial charge in [0.15, 0.2) is 5.78 Å². The molecule has 0 aliphatic heterocycles. The van der Waals surface area contributed by atoms with E-state index in [0.717, 1.165) is 16.9 Å². The molecule has 0 atom stereocenters. The second kappa shape index (κ2) is 5.57. The van der Waals surface area contributed by atoms with Crippen LogP contribution in [0.5, 0.6) is 0 Å². The van der Waals surface area contributed by atoms with Gasteiger partial charge in [0, 0.05) is 10.0 Å². The molecule has 8 heteroatoms. The van der Waals surface area contributed by atoms with Crippen molar-refractivity contribution in [3.63, 3.8) is 0 Å². The highest BCUT2D eigenvalue weighted by Gasteiger charge is 2.25. The summed E-state index contributed by atoms with van der Waals surface area (Å²) < 4.78 is 23.6. The second-order valence-electron chi connectivity index (χ2n) is 4.11. The Kier molecular flexibility index (Phi) is 4.36. The molecule has 106 valence electrons. The van der Waals surface area contributed by atoms with Gasteiger partial charge in [-0.3, -0.25) is 4.79 Å². The number of aryl methyl sites for hydroxylation is 1. The summed E-state index contributed by atoms with van der Waals surface area (Å²) in [4.78, 5) is 12.5. The predicted octanol–water partition coefficient (Wildman–Crippen LogP) is 3.35. The molecule has 2 aromatic rings. The number of carbonyl (C=O) groups is 1. The minimum absolute atomic E-state index is 0.00736. The number of carbonyl (C=O) groups excluding carboxylic acids is 1. The lowest BCUT2D eigenvalue weighted by molar-refractivity contribution is 0.103. The van der Waals surface area contributed by atoms with E-state index in [1.54, 1.807) is 18.2 Å². The Balaban J connectivity index is 2.60. The fraction of sp³-hybridized carbons (Fsp3) is 0.0833. The number of sulfonamides is 1. The molecule has 0 unspecified atom stereocenters. The van der Waals surface area contributed by atoms with Crippen LogP contribution in [0.25, 0.3) is 0 Å². The van der Waals surface area contributed by atoms with Gasteiger partial charge >= 0.3 is 0 Å². The van der Waals surface area contributed by atoms with Gasteiger partial charge in [0.05, 0.1) is 9.90 Å². The van der Waals surface area contributed by atoms with E-state index in [4.69, 9.17) is 16.7 Å². The maximum Gasteiger partial charge on any atom is 0.248 e. The summed E-state index contributed by atoms with van der Waals surface area (Å²) in [5, 5.41) is 5.11. The van der Waals surface area contributed by atoms with Gasteiger partial charge in [-0.25, -0.2) is 13.6 Å². The van der Waals surface area contributed by atoms with E-state index in [1.807, 2.05) is 6.92 Å². The molecule has 0 aliphatic rings. The minimum Gasteiger partial charge on any atom is -0.288 e. The molecule has 0 saturated heterocycles. The Morgan fingerprint density at radius 3 is 2.50 bits per heavy atom. The first kappa shape index (κ1) is 15.7. The van der Waals surface area contributed by atoms with Crippen LogP contribution in [0.1, 0.15) is 21.5 Å². The lowest BCUT2D eigenvalue weighted by Gasteiger charge is -2.05. The maximum absolute atomic E-state index is 12.5. The van der Waals surface area contributed by atoms with Crippen molar-refractivity contribution in [2.24, 2.45) is 5.14 Å². The van der Waals surface area contributed by atoms with Crippen LogP contribution in [0.4, 0.5) is 0 Å². The van der Waals surface area contributed by atoms with Crippen LogP contribution >= 0.6 is 38.9 Å². The first-order valence-electron chi connectivity index (χ1n) is 5.33. The van der Waals surface area contributed by atoms with Crippen LogP contribution in [0, 0.1) is 6.92 Å². The van der Waals surface area contributed by atoms with Crippen LogP contribution in [0.3, 0.4) is 0 Å². The van der Waals surface area contributed by atoms with Crippen molar-refractivity contribution in [3.8, 4) is 0 Å². The van der Waals surface area contributed by atoms with Crippen LogP contribution in [0.2, 0.25) is 4.34 Å². The summed E-state index contributed by atoms with van der Waals surface area (Å²) in [6.45, 7) is 1.89. The fourth-order valence-corrected chi connectivity index (χ4v) is 4.62. The van der Waals surface area contributed by atoms with E-state index < -0.39 is 15.8 Å². The van der Waals surface area contributed by atoms with Gasteiger partial charge in [0.2, 0.25) is 10.0 Å². The van der Waals surface area contributed by atoms with Gasteiger partial charge in [-0.05, 0) is 30.7 Å². The number of primary sulfonamides is 1. The predicted molar refractivity (Wildman–Crippen MR) is 83.0 cm³/mol. The zero-order chi connectivity index (χ0) is 15.1. The summed E-state index contributed by atoms with van der Waals surface area (Å²) >= 11 is 9.87. The summed E-state index contributed by atoms with van der Waals surface area (Å²) in [6, 6.07) is 6.49. The molecular formula is C12H9BrClNO3S2. The smallest absolute Gasteiger partial charge is 0.248 e. The van der Waals surface area contributed by atoms with Gasteiger partial charge in [0.25, 0.3) is 0 Å². The molecule has 2 rings (SSSR count). The normalized spacial score (nSPS) is 11.6. The fourth-order valence-electron chi connectivity index (χ4n) is 1.66. The third-order valence-corrected chi connectivity index (χ3v) is 5.94. The topological polar surface area (TPSA) is 77.2 Å².